The lowest BCUT2D eigenvalue weighted by atomic mass is 10.0. The second-order valence-electron chi connectivity index (χ2n) is 6.28. The highest BCUT2D eigenvalue weighted by molar-refractivity contribution is 7.09. The lowest BCUT2D eigenvalue weighted by Crippen LogP contribution is -2.12. The molecule has 0 fully saturated rings. The van der Waals surface area contributed by atoms with Gasteiger partial charge in [0.15, 0.2) is 0 Å². The molecule has 9 heteroatoms. The number of aryl methyl sites for hydroxylation is 1. The number of thiazole rings is 1. The van der Waals surface area contributed by atoms with Crippen molar-refractivity contribution in [3.63, 3.8) is 0 Å². The quantitative estimate of drug-likeness (QED) is 0.427. The van der Waals surface area contributed by atoms with Crippen LogP contribution in [0.3, 0.4) is 0 Å². The molecule has 0 saturated heterocycles. The third-order valence-corrected chi connectivity index (χ3v) is 5.26. The summed E-state index contributed by atoms with van der Waals surface area (Å²) in [5.41, 5.74) is 3.14. The van der Waals surface area contributed by atoms with Gasteiger partial charge in [0.2, 0.25) is 0 Å². The average molecular weight is 392 g/mol. The minimum Gasteiger partial charge on any atom is -0.346 e. The Labute approximate surface area is 161 Å². The zero-order valence-corrected chi connectivity index (χ0v) is 15.4. The fraction of sp³-hybridized carbons (Fsp3) is 0.0526. The van der Waals surface area contributed by atoms with Crippen molar-refractivity contribution < 1.29 is 9.18 Å². The van der Waals surface area contributed by atoms with Crippen LogP contribution in [0.15, 0.2) is 42.2 Å². The molecular formula is C19H13FN6OS. The van der Waals surface area contributed by atoms with E-state index in [-0.39, 0.29) is 5.91 Å². The molecule has 0 aliphatic rings. The van der Waals surface area contributed by atoms with Crippen molar-refractivity contribution in [2.75, 3.05) is 5.32 Å². The molecule has 5 rings (SSSR count). The number of hydrogen-bond acceptors (Lipinski definition) is 5. The summed E-state index contributed by atoms with van der Waals surface area (Å²) in [6.07, 6.45) is 4.51. The first-order chi connectivity index (χ1) is 13.6. The summed E-state index contributed by atoms with van der Waals surface area (Å²) in [5.74, 6) is -0.774. The molecule has 0 atom stereocenters. The van der Waals surface area contributed by atoms with Crippen molar-refractivity contribution in [3.05, 3.63) is 58.7 Å². The van der Waals surface area contributed by atoms with Crippen LogP contribution < -0.4 is 5.32 Å². The predicted molar refractivity (Wildman–Crippen MR) is 106 cm³/mol. The van der Waals surface area contributed by atoms with E-state index in [0.717, 1.165) is 10.4 Å². The molecule has 0 spiro atoms. The van der Waals surface area contributed by atoms with Crippen molar-refractivity contribution in [1.29, 1.82) is 0 Å². The van der Waals surface area contributed by atoms with E-state index in [9.17, 15) is 9.18 Å². The summed E-state index contributed by atoms with van der Waals surface area (Å²) in [4.78, 5) is 23.9. The number of carbonyl (C=O) groups excluding carboxylic acids is 1. The zero-order valence-electron chi connectivity index (χ0n) is 14.6. The van der Waals surface area contributed by atoms with E-state index < -0.39 is 5.82 Å². The third-order valence-electron chi connectivity index (χ3n) is 4.49. The van der Waals surface area contributed by atoms with Gasteiger partial charge < -0.3 is 10.3 Å². The maximum atomic E-state index is 14.7. The third kappa shape index (κ3) is 2.64. The molecule has 0 bridgehead atoms. The summed E-state index contributed by atoms with van der Waals surface area (Å²) in [7, 11) is 0. The summed E-state index contributed by atoms with van der Waals surface area (Å²) >= 11 is 1.40. The Morgan fingerprint density at radius 3 is 2.96 bits per heavy atom. The van der Waals surface area contributed by atoms with Gasteiger partial charge in [-0.05, 0) is 30.7 Å². The number of anilines is 1. The van der Waals surface area contributed by atoms with Crippen LogP contribution in [0, 0.1) is 12.7 Å². The fourth-order valence-corrected chi connectivity index (χ4v) is 3.82. The first kappa shape index (κ1) is 16.6. The highest BCUT2D eigenvalue weighted by atomic mass is 32.1. The molecular weight excluding hydrogens is 379 g/mol. The molecule has 3 N–H and O–H groups in total. The Balaban J connectivity index is 1.66. The monoisotopic (exact) mass is 392 g/mol. The molecule has 138 valence electrons. The smallest absolute Gasteiger partial charge is 0.275 e. The molecule has 7 nitrogen and oxygen atoms in total. The normalized spacial score (nSPS) is 11.4. The second kappa shape index (κ2) is 6.24. The van der Waals surface area contributed by atoms with Crippen molar-refractivity contribution in [2.24, 2.45) is 0 Å². The average Bonchev–Trinajstić information content (AvgIpc) is 3.41. The van der Waals surface area contributed by atoms with Crippen molar-refractivity contribution in [1.82, 2.24) is 25.1 Å². The van der Waals surface area contributed by atoms with E-state index in [0.29, 0.717) is 39.1 Å². The van der Waals surface area contributed by atoms with Gasteiger partial charge in [0.1, 0.15) is 17.2 Å². The van der Waals surface area contributed by atoms with Crippen molar-refractivity contribution in [2.45, 2.75) is 6.92 Å². The number of H-pyrrole nitrogens is 2. The van der Waals surface area contributed by atoms with Gasteiger partial charge in [0.25, 0.3) is 5.91 Å². The Bertz CT molecular complexity index is 1350. The van der Waals surface area contributed by atoms with E-state index in [1.807, 2.05) is 6.92 Å². The van der Waals surface area contributed by atoms with Gasteiger partial charge in [-0.15, -0.1) is 11.3 Å². The van der Waals surface area contributed by atoms with Crippen molar-refractivity contribution in [3.8, 4) is 11.1 Å². The number of nitrogens with one attached hydrogen (secondary N) is 3. The van der Waals surface area contributed by atoms with E-state index in [2.05, 4.69) is 30.5 Å². The minimum absolute atomic E-state index is 0.328. The van der Waals surface area contributed by atoms with Crippen LogP contribution in [0.1, 0.15) is 15.5 Å². The zero-order chi connectivity index (χ0) is 19.3. The standard InChI is InChI=1S/C19H13FN6OS/c1-9-24-16(8-28-9)19(27)25-14-4-10(5-15-12(14)6-23-26-15)17-11-2-3-21-18(11)22-7-13(17)20/h2-8H,1H3,(H,21,22)(H,23,26)(H,25,27). The minimum atomic E-state index is -0.446. The van der Waals surface area contributed by atoms with Gasteiger partial charge >= 0.3 is 0 Å². The number of halogens is 1. The first-order valence-corrected chi connectivity index (χ1v) is 9.30. The maximum Gasteiger partial charge on any atom is 0.275 e. The Morgan fingerprint density at radius 1 is 1.25 bits per heavy atom. The molecule has 5 aromatic rings. The highest BCUT2D eigenvalue weighted by Crippen LogP contribution is 2.35. The summed E-state index contributed by atoms with van der Waals surface area (Å²) in [6.45, 7) is 1.84. The second-order valence-corrected chi connectivity index (χ2v) is 7.34. The lowest BCUT2D eigenvalue weighted by molar-refractivity contribution is 0.102. The van der Waals surface area contributed by atoms with Gasteiger partial charge in [-0.3, -0.25) is 9.89 Å². The van der Waals surface area contributed by atoms with Crippen molar-refractivity contribution >= 4 is 44.9 Å². The van der Waals surface area contributed by atoms with Gasteiger partial charge in [0.05, 0.1) is 28.6 Å². The highest BCUT2D eigenvalue weighted by Gasteiger charge is 2.17. The van der Waals surface area contributed by atoms with Crippen LogP contribution in [0.4, 0.5) is 10.1 Å². The summed E-state index contributed by atoms with van der Waals surface area (Å²) in [5, 5.41) is 13.7. The number of carbonyl (C=O) groups is 1. The molecule has 0 aliphatic carbocycles. The summed E-state index contributed by atoms with van der Waals surface area (Å²) < 4.78 is 14.7. The van der Waals surface area contributed by atoms with Gasteiger partial charge in [-0.25, -0.2) is 14.4 Å². The Hall–Kier alpha value is -3.59. The number of amides is 1. The number of fused-ring (bicyclic) bond motifs is 2. The molecule has 0 unspecified atom stereocenters. The van der Waals surface area contributed by atoms with E-state index in [1.165, 1.54) is 17.5 Å². The van der Waals surface area contributed by atoms with Gasteiger partial charge in [-0.1, -0.05) is 0 Å². The molecule has 4 aromatic heterocycles. The van der Waals surface area contributed by atoms with Crippen LogP contribution in [-0.2, 0) is 0 Å². The molecule has 1 amide bonds. The number of hydrogen-bond donors (Lipinski definition) is 3. The van der Waals surface area contributed by atoms with E-state index in [4.69, 9.17) is 0 Å². The number of rotatable bonds is 3. The topological polar surface area (TPSA) is 99.4 Å². The van der Waals surface area contributed by atoms with Crippen LogP contribution in [0.25, 0.3) is 33.1 Å². The molecule has 1 aromatic carbocycles. The summed E-state index contributed by atoms with van der Waals surface area (Å²) in [6, 6.07) is 5.31. The Morgan fingerprint density at radius 2 is 2.14 bits per heavy atom. The van der Waals surface area contributed by atoms with E-state index >= 15 is 0 Å². The SMILES string of the molecule is Cc1nc(C(=O)Nc2cc(-c3c(F)cnc4[nH]ccc34)cc3[nH]ncc23)cs1. The number of nitrogens with zero attached hydrogens (tertiary/aromatic N) is 3. The number of aromatic amines is 2. The van der Waals surface area contributed by atoms with Crippen LogP contribution in [0.2, 0.25) is 0 Å². The predicted octanol–water partition coefficient (Wildman–Crippen LogP) is 4.26. The maximum absolute atomic E-state index is 14.7. The molecule has 0 aliphatic heterocycles. The first-order valence-electron chi connectivity index (χ1n) is 8.43. The van der Waals surface area contributed by atoms with E-state index in [1.54, 1.807) is 36.0 Å². The molecule has 28 heavy (non-hydrogen) atoms. The lowest BCUT2D eigenvalue weighted by Gasteiger charge is -2.10. The number of aromatic nitrogens is 5. The van der Waals surface area contributed by atoms with Crippen LogP contribution >= 0.6 is 11.3 Å². The van der Waals surface area contributed by atoms with Crippen LogP contribution in [0.5, 0.6) is 0 Å². The number of benzene rings is 1. The molecule has 0 saturated carbocycles. The largest absolute Gasteiger partial charge is 0.346 e. The Kier molecular flexibility index (Phi) is 3.69. The number of pyridine rings is 1. The fourth-order valence-electron chi connectivity index (χ4n) is 3.23. The molecule has 4 heterocycles. The molecule has 0 radical (unpaired) electrons. The van der Waals surface area contributed by atoms with Crippen LogP contribution in [-0.4, -0.2) is 31.1 Å². The van der Waals surface area contributed by atoms with Gasteiger partial charge in [0, 0.05) is 27.9 Å². The van der Waals surface area contributed by atoms with Gasteiger partial charge in [-0.2, -0.15) is 5.10 Å².